The Labute approximate surface area is 258 Å². The lowest BCUT2D eigenvalue weighted by molar-refractivity contribution is 0.1000. The van der Waals surface area contributed by atoms with Crippen LogP contribution in [0.2, 0.25) is 5.02 Å². The molecule has 3 N–H and O–H groups in total. The number of allylic oxidation sites excluding steroid dienone is 2. The first-order valence-corrected chi connectivity index (χ1v) is 16.7. The van der Waals surface area contributed by atoms with E-state index in [2.05, 4.69) is 49.3 Å². The number of hydrogen-bond donors (Lipinski definition) is 2. The van der Waals surface area contributed by atoms with Crippen LogP contribution in [0.1, 0.15) is 82.1 Å². The first-order valence-electron chi connectivity index (χ1n) is 15.1. The molecule has 1 heterocycles. The third-order valence-corrected chi connectivity index (χ3v) is 8.84. The van der Waals surface area contributed by atoms with E-state index < -0.39 is 5.91 Å². The van der Waals surface area contributed by atoms with E-state index in [-0.39, 0.29) is 0 Å². The molecule has 3 atom stereocenters. The maximum atomic E-state index is 11.9. The molecule has 2 aromatic carbocycles. The second-order valence-corrected chi connectivity index (χ2v) is 12.0. The fourth-order valence-electron chi connectivity index (χ4n) is 4.80. The van der Waals surface area contributed by atoms with Crippen molar-refractivity contribution < 1.29 is 14.6 Å². The second-order valence-electron chi connectivity index (χ2n) is 10.3. The molecule has 2 aromatic rings. The number of nitrogens with zero attached hydrogens (tertiary/aromatic N) is 1. The van der Waals surface area contributed by atoms with Gasteiger partial charge in [-0.25, -0.2) is 0 Å². The van der Waals surface area contributed by atoms with E-state index >= 15 is 0 Å². The number of thioether (sulfide) groups is 1. The largest absolute Gasteiger partial charge is 0.491 e. The van der Waals surface area contributed by atoms with Crippen molar-refractivity contribution in [2.75, 3.05) is 38.0 Å². The van der Waals surface area contributed by atoms with Gasteiger partial charge in [-0.15, -0.1) is 0 Å². The summed E-state index contributed by atoms with van der Waals surface area (Å²) in [6.45, 7) is 11.2. The minimum absolute atomic E-state index is 0.403. The summed E-state index contributed by atoms with van der Waals surface area (Å²) >= 11 is 8.10. The average Bonchev–Trinajstić information content (AvgIpc) is 3.17. The molecule has 5 nitrogen and oxygen atoms in total. The number of rotatable bonds is 14. The molecule has 7 heteroatoms. The fraction of sp³-hybridized carbons (Fsp3) is 0.559. The number of aryl methyl sites for hydroxylation is 1. The zero-order valence-electron chi connectivity index (χ0n) is 26.1. The van der Waals surface area contributed by atoms with E-state index in [9.17, 15) is 4.79 Å². The van der Waals surface area contributed by atoms with Gasteiger partial charge in [0.15, 0.2) is 0 Å². The average molecular weight is 605 g/mol. The number of anilines is 1. The molecule has 0 bridgehead atoms. The van der Waals surface area contributed by atoms with Gasteiger partial charge in [0.05, 0.1) is 12.3 Å². The molecule has 1 unspecified atom stereocenters. The van der Waals surface area contributed by atoms with Crippen LogP contribution in [0.3, 0.4) is 0 Å². The van der Waals surface area contributed by atoms with Crippen molar-refractivity contribution in [2.45, 2.75) is 77.9 Å². The van der Waals surface area contributed by atoms with Gasteiger partial charge in [0.2, 0.25) is 5.91 Å². The SMILES string of the molecule is CC.CO.CS[C@H](C)[C@@H](C)C/C=C/CCCCN1CC(CCCc2cccc(Cl)c2)COc2ccc(C(N)=O)cc21. The standard InChI is InChI=1S/C31H43ClN2O2S.C2H6.CH4O/c1-23(24(2)37-3)11-7-5-4-6-8-18-34-21-26(14-9-12-25-13-10-15-28(32)19-25)22-36-30-17-16-27(31(33)35)20-29(30)34;2*1-2/h5,7,10,13,15-17,19-20,23-24,26H,4,6,8-9,11-12,14,18,21-22H2,1-3H3,(H2,33,35);1-2H3;2H,1H3/b7-5+;;/t23-,24+,26?;;/m0../s1. The molecule has 230 valence electrons. The second kappa shape index (κ2) is 21.5. The van der Waals surface area contributed by atoms with Crippen LogP contribution in [-0.4, -0.2) is 49.3 Å². The molecule has 41 heavy (non-hydrogen) atoms. The van der Waals surface area contributed by atoms with E-state index in [0.29, 0.717) is 29.3 Å². The lowest BCUT2D eigenvalue weighted by Gasteiger charge is -2.27. The molecule has 0 aliphatic carbocycles. The molecule has 1 amide bonds. The number of aliphatic hydroxyl groups excluding tert-OH is 1. The molecule has 0 saturated carbocycles. The predicted molar refractivity (Wildman–Crippen MR) is 180 cm³/mol. The lowest BCUT2D eigenvalue weighted by Crippen LogP contribution is -2.31. The molecule has 0 saturated heterocycles. The monoisotopic (exact) mass is 604 g/mol. The fourth-order valence-corrected chi connectivity index (χ4v) is 5.59. The highest BCUT2D eigenvalue weighted by Crippen LogP contribution is 2.34. The number of halogens is 1. The first-order chi connectivity index (χ1) is 19.9. The van der Waals surface area contributed by atoms with Gasteiger partial charge < -0.3 is 20.5 Å². The van der Waals surface area contributed by atoms with Crippen LogP contribution in [0.5, 0.6) is 5.75 Å². The van der Waals surface area contributed by atoms with Gasteiger partial charge in [-0.05, 0) is 93.0 Å². The summed E-state index contributed by atoms with van der Waals surface area (Å²) in [6.07, 6.45) is 14.5. The van der Waals surface area contributed by atoms with Crippen LogP contribution in [0.15, 0.2) is 54.6 Å². The smallest absolute Gasteiger partial charge is 0.248 e. The normalized spacial score (nSPS) is 15.8. The van der Waals surface area contributed by atoms with Crippen LogP contribution in [-0.2, 0) is 6.42 Å². The predicted octanol–water partition coefficient (Wildman–Crippen LogP) is 8.42. The van der Waals surface area contributed by atoms with Crippen molar-refractivity contribution in [2.24, 2.45) is 17.6 Å². The highest BCUT2D eigenvalue weighted by molar-refractivity contribution is 7.99. The minimum Gasteiger partial charge on any atom is -0.491 e. The third kappa shape index (κ3) is 13.6. The minimum atomic E-state index is -0.403. The Morgan fingerprint density at radius 1 is 1.15 bits per heavy atom. The molecule has 0 radical (unpaired) electrons. The zero-order valence-corrected chi connectivity index (χ0v) is 27.6. The van der Waals surface area contributed by atoms with Gasteiger partial charge in [0, 0.05) is 42.0 Å². The Kier molecular flexibility index (Phi) is 19.4. The van der Waals surface area contributed by atoms with Crippen molar-refractivity contribution in [3.05, 3.63) is 70.8 Å². The Bertz CT molecular complexity index is 1030. The Hall–Kier alpha value is -2.15. The van der Waals surface area contributed by atoms with Crippen molar-refractivity contribution in [1.82, 2.24) is 0 Å². The summed E-state index contributed by atoms with van der Waals surface area (Å²) in [5.74, 6) is 1.57. The van der Waals surface area contributed by atoms with E-state index in [4.69, 9.17) is 27.2 Å². The molecular formula is C34H53ClN2O3S. The lowest BCUT2D eigenvalue weighted by atomic mass is 9.99. The van der Waals surface area contributed by atoms with Gasteiger partial charge >= 0.3 is 0 Å². The number of carbonyl (C=O) groups excluding carboxylic acids is 1. The van der Waals surface area contributed by atoms with Gasteiger partial charge in [-0.3, -0.25) is 4.79 Å². The topological polar surface area (TPSA) is 75.8 Å². The van der Waals surface area contributed by atoms with Crippen molar-refractivity contribution >= 4 is 35.0 Å². The number of primary amides is 1. The molecule has 1 aliphatic heterocycles. The molecule has 0 aromatic heterocycles. The summed E-state index contributed by atoms with van der Waals surface area (Å²) in [6, 6.07) is 13.7. The quantitative estimate of drug-likeness (QED) is 0.167. The number of benzene rings is 2. The molecule has 1 aliphatic rings. The van der Waals surface area contributed by atoms with Crippen molar-refractivity contribution in [1.29, 1.82) is 0 Å². The molecule has 0 spiro atoms. The van der Waals surface area contributed by atoms with Gasteiger partial charge in [0.1, 0.15) is 5.75 Å². The number of carbonyl (C=O) groups is 1. The maximum Gasteiger partial charge on any atom is 0.248 e. The molecular weight excluding hydrogens is 552 g/mol. The highest BCUT2D eigenvalue weighted by atomic mass is 35.5. The number of unbranched alkanes of at least 4 members (excludes halogenated alkanes) is 2. The van der Waals surface area contributed by atoms with E-state index in [1.165, 1.54) is 5.56 Å². The van der Waals surface area contributed by atoms with Crippen molar-refractivity contribution in [3.63, 3.8) is 0 Å². The zero-order chi connectivity index (χ0) is 30.6. The summed E-state index contributed by atoms with van der Waals surface area (Å²) < 4.78 is 6.23. The first kappa shape index (κ1) is 36.9. The van der Waals surface area contributed by atoms with Gasteiger partial charge in [-0.2, -0.15) is 11.8 Å². The van der Waals surface area contributed by atoms with Gasteiger partial charge in [-0.1, -0.05) is 63.6 Å². The number of amides is 1. The van der Waals surface area contributed by atoms with Crippen LogP contribution in [0.4, 0.5) is 5.69 Å². The van der Waals surface area contributed by atoms with Crippen LogP contribution in [0, 0.1) is 11.8 Å². The summed E-state index contributed by atoms with van der Waals surface area (Å²) in [5, 5.41) is 8.49. The van der Waals surface area contributed by atoms with Crippen LogP contribution < -0.4 is 15.4 Å². The number of fused-ring (bicyclic) bond motifs is 1. The van der Waals surface area contributed by atoms with Crippen molar-refractivity contribution in [3.8, 4) is 5.75 Å². The number of ether oxygens (including phenoxy) is 1. The number of hydrogen-bond acceptors (Lipinski definition) is 5. The highest BCUT2D eigenvalue weighted by Gasteiger charge is 2.24. The molecule has 0 fully saturated rings. The number of nitrogens with two attached hydrogens (primary N) is 1. The van der Waals surface area contributed by atoms with E-state index in [1.807, 2.05) is 49.9 Å². The number of aliphatic hydroxyl groups is 1. The Morgan fingerprint density at radius 2 is 1.90 bits per heavy atom. The summed E-state index contributed by atoms with van der Waals surface area (Å²) in [4.78, 5) is 14.3. The van der Waals surface area contributed by atoms with Crippen LogP contribution in [0.25, 0.3) is 0 Å². The Morgan fingerprint density at radius 3 is 2.59 bits per heavy atom. The van der Waals surface area contributed by atoms with Gasteiger partial charge in [0.25, 0.3) is 0 Å². The van der Waals surface area contributed by atoms with E-state index in [0.717, 1.165) is 81.6 Å². The molecule has 3 rings (SSSR count). The third-order valence-electron chi connectivity index (χ3n) is 7.40. The summed E-state index contributed by atoms with van der Waals surface area (Å²) in [7, 11) is 1.00. The Balaban J connectivity index is 0.00000201. The van der Waals surface area contributed by atoms with Crippen LogP contribution >= 0.6 is 23.4 Å². The summed E-state index contributed by atoms with van der Waals surface area (Å²) in [5.41, 5.74) is 8.39. The maximum absolute atomic E-state index is 11.9. The van der Waals surface area contributed by atoms with E-state index in [1.54, 1.807) is 6.07 Å².